The molecule has 180 valence electrons. The molecule has 34 heavy (non-hydrogen) atoms. The molecule has 1 amide bonds. The number of carbonyl (C=O) groups excluding carboxylic acids is 1. The van der Waals surface area contributed by atoms with Crippen LogP contribution in [0.1, 0.15) is 49.0 Å². The number of carbonyl (C=O) groups is 1. The molecule has 5 rings (SSSR count). The first kappa shape index (κ1) is 22.3. The van der Waals surface area contributed by atoms with E-state index in [2.05, 4.69) is 26.0 Å². The summed E-state index contributed by atoms with van der Waals surface area (Å²) in [5, 5.41) is 13.4. The fraction of sp³-hybridized carbons (Fsp3) is 0.478. The third-order valence-corrected chi connectivity index (χ3v) is 7.10. The number of ether oxygens (including phenoxy) is 1. The van der Waals surface area contributed by atoms with Gasteiger partial charge in [0.05, 0.1) is 17.8 Å². The molecule has 0 radical (unpaired) electrons. The zero-order chi connectivity index (χ0) is 24.0. The summed E-state index contributed by atoms with van der Waals surface area (Å²) in [6, 6.07) is 4.87. The lowest BCUT2D eigenvalue weighted by Crippen LogP contribution is -2.59. The van der Waals surface area contributed by atoms with Crippen molar-refractivity contribution in [2.45, 2.75) is 56.5 Å². The Morgan fingerprint density at radius 1 is 1.35 bits per heavy atom. The van der Waals surface area contributed by atoms with Crippen molar-refractivity contribution < 1.29 is 13.9 Å². The molecule has 0 aromatic carbocycles. The first-order valence-electron chi connectivity index (χ1n) is 11.4. The van der Waals surface area contributed by atoms with E-state index in [-0.39, 0.29) is 29.2 Å². The van der Waals surface area contributed by atoms with Crippen LogP contribution >= 0.6 is 0 Å². The molecule has 0 bridgehead atoms. The van der Waals surface area contributed by atoms with Gasteiger partial charge in [0.25, 0.3) is 11.5 Å². The Morgan fingerprint density at radius 2 is 2.15 bits per heavy atom. The van der Waals surface area contributed by atoms with Crippen LogP contribution in [0.4, 0.5) is 21.7 Å². The Bertz CT molecular complexity index is 1300. The largest absolute Gasteiger partial charge is 0.376 e. The number of aromatic nitrogens is 4. The Morgan fingerprint density at radius 3 is 2.79 bits per heavy atom. The highest BCUT2D eigenvalue weighted by atomic mass is 19.1. The molecule has 3 aromatic rings. The molecule has 10 nitrogen and oxygen atoms in total. The molecular weight excluding hydrogens is 441 g/mol. The quantitative estimate of drug-likeness (QED) is 0.487. The minimum Gasteiger partial charge on any atom is -0.376 e. The summed E-state index contributed by atoms with van der Waals surface area (Å²) < 4.78 is 21.9. The fourth-order valence-corrected chi connectivity index (χ4v) is 4.54. The maximum atomic E-state index is 13.3. The van der Waals surface area contributed by atoms with Gasteiger partial charge < -0.3 is 25.3 Å². The minimum atomic E-state index is -0.857. The molecule has 0 saturated heterocycles. The molecule has 0 unspecified atom stereocenters. The monoisotopic (exact) mass is 469 g/mol. The van der Waals surface area contributed by atoms with Gasteiger partial charge in [-0.2, -0.15) is 9.61 Å². The van der Waals surface area contributed by atoms with E-state index in [0.29, 0.717) is 41.4 Å². The second-order valence-corrected chi connectivity index (χ2v) is 9.13. The van der Waals surface area contributed by atoms with Crippen LogP contribution in [0.2, 0.25) is 0 Å². The summed E-state index contributed by atoms with van der Waals surface area (Å²) in [4.78, 5) is 30.6. The first-order valence-corrected chi connectivity index (χ1v) is 11.4. The molecule has 11 heteroatoms. The van der Waals surface area contributed by atoms with Crippen LogP contribution in [0.3, 0.4) is 0 Å². The van der Waals surface area contributed by atoms with Crippen LogP contribution in [0.15, 0.2) is 35.4 Å². The molecule has 2 fully saturated rings. The van der Waals surface area contributed by atoms with Gasteiger partial charge in [-0.25, -0.2) is 9.37 Å². The van der Waals surface area contributed by atoms with Crippen molar-refractivity contribution in [3.05, 3.63) is 46.5 Å². The number of nitrogens with zero attached hydrogens (tertiary/aromatic N) is 4. The molecule has 3 heterocycles. The molecule has 3 N–H and O–H groups in total. The van der Waals surface area contributed by atoms with Gasteiger partial charge in [0, 0.05) is 32.5 Å². The second-order valence-electron chi connectivity index (χ2n) is 9.13. The third-order valence-electron chi connectivity index (χ3n) is 7.10. The lowest BCUT2D eigenvalue weighted by molar-refractivity contribution is -0.0828. The van der Waals surface area contributed by atoms with Gasteiger partial charge in [0.15, 0.2) is 5.65 Å². The lowest BCUT2D eigenvalue weighted by Gasteiger charge is -2.45. The third kappa shape index (κ3) is 3.69. The average molecular weight is 470 g/mol. The molecule has 0 aliphatic heterocycles. The summed E-state index contributed by atoms with van der Waals surface area (Å²) in [6.45, 7) is 1.97. The average Bonchev–Trinajstić information content (AvgIpc) is 3.24. The Hall–Kier alpha value is -3.47. The molecular formula is C23H28FN7O3. The van der Waals surface area contributed by atoms with Gasteiger partial charge in [-0.3, -0.25) is 9.59 Å². The van der Waals surface area contributed by atoms with Crippen molar-refractivity contribution in [1.82, 2.24) is 24.5 Å². The van der Waals surface area contributed by atoms with Gasteiger partial charge in [-0.1, -0.05) is 0 Å². The highest BCUT2D eigenvalue weighted by molar-refractivity contribution is 6.00. The van der Waals surface area contributed by atoms with Crippen LogP contribution in [0, 0.1) is 0 Å². The summed E-state index contributed by atoms with van der Waals surface area (Å²) in [5.74, 6) is 0.679. The first-order chi connectivity index (χ1) is 16.3. The number of pyridine rings is 1. The van der Waals surface area contributed by atoms with Gasteiger partial charge in [-0.15, -0.1) is 0 Å². The molecule has 2 atom stereocenters. The number of alkyl halides is 1. The van der Waals surface area contributed by atoms with Crippen molar-refractivity contribution in [3.8, 4) is 0 Å². The van der Waals surface area contributed by atoms with Crippen molar-refractivity contribution >= 4 is 28.9 Å². The van der Waals surface area contributed by atoms with Crippen LogP contribution < -0.4 is 21.5 Å². The summed E-state index contributed by atoms with van der Waals surface area (Å²) in [6.07, 6.45) is 4.69. The summed E-state index contributed by atoms with van der Waals surface area (Å²) in [7, 11) is 3.38. The lowest BCUT2D eigenvalue weighted by atomic mass is 9.76. The van der Waals surface area contributed by atoms with E-state index in [4.69, 9.17) is 4.74 Å². The highest BCUT2D eigenvalue weighted by Gasteiger charge is 2.44. The molecule has 2 aliphatic carbocycles. The highest BCUT2D eigenvalue weighted by Crippen LogP contribution is 2.35. The van der Waals surface area contributed by atoms with Crippen molar-refractivity contribution in [2.24, 2.45) is 0 Å². The van der Waals surface area contributed by atoms with E-state index >= 15 is 0 Å². The van der Waals surface area contributed by atoms with E-state index in [0.717, 1.165) is 12.8 Å². The smallest absolute Gasteiger partial charge is 0.274 e. The van der Waals surface area contributed by atoms with Crippen LogP contribution in [-0.2, 0) is 4.74 Å². The van der Waals surface area contributed by atoms with Gasteiger partial charge in [0.2, 0.25) is 0 Å². The summed E-state index contributed by atoms with van der Waals surface area (Å²) >= 11 is 0. The number of halogens is 1. The zero-order valence-electron chi connectivity index (χ0n) is 19.3. The minimum absolute atomic E-state index is 0.0942. The number of amides is 1. The topological polar surface area (TPSA) is 115 Å². The van der Waals surface area contributed by atoms with Crippen molar-refractivity contribution in [3.63, 3.8) is 0 Å². The Labute approximate surface area is 195 Å². The van der Waals surface area contributed by atoms with Crippen LogP contribution in [-0.4, -0.2) is 57.0 Å². The Balaban J connectivity index is 1.45. The zero-order valence-corrected chi connectivity index (χ0v) is 19.3. The second kappa shape index (κ2) is 8.39. The maximum Gasteiger partial charge on any atom is 0.274 e. The van der Waals surface area contributed by atoms with Crippen molar-refractivity contribution in [1.29, 1.82) is 0 Å². The number of hydrogen-bond donors (Lipinski definition) is 3. The number of rotatable bonds is 7. The van der Waals surface area contributed by atoms with Gasteiger partial charge in [0.1, 0.15) is 29.1 Å². The Kier molecular flexibility index (Phi) is 5.51. The summed E-state index contributed by atoms with van der Waals surface area (Å²) in [5.41, 5.74) is 0.354. The number of hydrogen-bond acceptors (Lipinski definition) is 7. The van der Waals surface area contributed by atoms with Gasteiger partial charge in [-0.05, 0) is 44.7 Å². The predicted molar refractivity (Wildman–Crippen MR) is 126 cm³/mol. The number of methoxy groups -OCH3 is 1. The van der Waals surface area contributed by atoms with E-state index in [1.807, 2.05) is 6.92 Å². The van der Waals surface area contributed by atoms with E-state index in [1.165, 1.54) is 10.7 Å². The number of fused-ring (bicyclic) bond motifs is 1. The van der Waals surface area contributed by atoms with E-state index < -0.39 is 6.17 Å². The van der Waals surface area contributed by atoms with Gasteiger partial charge >= 0.3 is 0 Å². The van der Waals surface area contributed by atoms with Crippen LogP contribution in [0.5, 0.6) is 0 Å². The maximum absolute atomic E-state index is 13.3. The molecule has 2 saturated carbocycles. The van der Waals surface area contributed by atoms with Crippen molar-refractivity contribution in [2.75, 3.05) is 24.8 Å². The predicted octanol–water partition coefficient (Wildman–Crippen LogP) is 2.65. The number of nitrogens with one attached hydrogen (secondary N) is 3. The molecule has 0 spiro atoms. The molecule has 2 aliphatic rings. The normalized spacial score (nSPS) is 25.9. The van der Waals surface area contributed by atoms with E-state index in [1.54, 1.807) is 43.1 Å². The van der Waals surface area contributed by atoms with Crippen LogP contribution in [0.25, 0.3) is 5.65 Å². The number of anilines is 3. The van der Waals surface area contributed by atoms with E-state index in [9.17, 15) is 14.0 Å². The standard InChI is InChI=1S/C23H28FN7O3/c1-23(34-3)7-6-17(23)28-21(32)15-12-26-31-19(25-2)11-18(29-20(15)31)27-16-5-4-8-30(22(16)33)14-9-13(24)10-14/h4-5,8,11-14,17,25H,6-7,9-10H2,1-3H3,(H,27,29)(H,28,32)/t13-,14-,17-,23-/m0/s1. The fourth-order valence-electron chi connectivity index (χ4n) is 4.54. The SMILES string of the molecule is CNc1cc(Nc2cccn([C@H]3C[C@H](F)C3)c2=O)nc2c(C(=O)N[C@H]3CC[C@]3(C)OC)cnn12. The molecule has 3 aromatic heterocycles.